The van der Waals surface area contributed by atoms with Gasteiger partial charge in [0.05, 0.1) is 11.7 Å². The summed E-state index contributed by atoms with van der Waals surface area (Å²) in [5, 5.41) is 3.23. The van der Waals surface area contributed by atoms with Crippen molar-refractivity contribution in [2.24, 2.45) is 0 Å². The van der Waals surface area contributed by atoms with Gasteiger partial charge in [0.1, 0.15) is 39.2 Å². The zero-order chi connectivity index (χ0) is 23.0. The standard InChI is InChI=1S/C21H22N8O2S2/c1-14-6-7-22-18(12-14)25-19-13-20(24-15(2)23-19)28-8-10-29(11-9-28)33(30,31)17-5-3-4-16-21(17)27-32-26-16/h3-7,12-13H,8-11H2,1-2H3,(H,22,23,24,25). The third kappa shape index (κ3) is 4.36. The third-order valence-corrected chi connectivity index (χ3v) is 7.90. The summed E-state index contributed by atoms with van der Waals surface area (Å²) in [4.78, 5) is 15.6. The summed E-state index contributed by atoms with van der Waals surface area (Å²) < 4.78 is 36.4. The van der Waals surface area contributed by atoms with E-state index in [1.807, 2.05) is 32.0 Å². The van der Waals surface area contributed by atoms with Crippen LogP contribution in [0.25, 0.3) is 11.0 Å². The lowest BCUT2D eigenvalue weighted by atomic mass is 10.3. The van der Waals surface area contributed by atoms with Crippen molar-refractivity contribution in [2.45, 2.75) is 18.7 Å². The summed E-state index contributed by atoms with van der Waals surface area (Å²) in [7, 11) is -3.67. The molecule has 4 heterocycles. The summed E-state index contributed by atoms with van der Waals surface area (Å²) in [5.41, 5.74) is 2.12. The van der Waals surface area contributed by atoms with Gasteiger partial charge in [0.2, 0.25) is 10.0 Å². The Bertz CT molecular complexity index is 1410. The number of pyridine rings is 1. The summed E-state index contributed by atoms with van der Waals surface area (Å²) in [6.45, 7) is 5.57. The minimum atomic E-state index is -3.67. The van der Waals surface area contributed by atoms with Crippen molar-refractivity contribution in [2.75, 3.05) is 36.4 Å². The van der Waals surface area contributed by atoms with E-state index in [0.29, 0.717) is 54.7 Å². The van der Waals surface area contributed by atoms with Gasteiger partial charge in [-0.2, -0.15) is 13.1 Å². The van der Waals surface area contributed by atoms with Gasteiger partial charge >= 0.3 is 0 Å². The summed E-state index contributed by atoms with van der Waals surface area (Å²) >= 11 is 1.02. The second-order valence-corrected chi connectivity index (χ2v) is 10.2. The first kappa shape index (κ1) is 21.6. The minimum absolute atomic E-state index is 0.206. The molecule has 4 aromatic rings. The van der Waals surface area contributed by atoms with Crippen LogP contribution >= 0.6 is 11.7 Å². The molecular weight excluding hydrogens is 460 g/mol. The average molecular weight is 483 g/mol. The molecule has 0 amide bonds. The van der Waals surface area contributed by atoms with E-state index < -0.39 is 10.0 Å². The number of rotatable bonds is 5. The van der Waals surface area contributed by atoms with Crippen molar-refractivity contribution in [3.05, 3.63) is 54.0 Å². The Morgan fingerprint density at radius 3 is 2.58 bits per heavy atom. The molecule has 170 valence electrons. The minimum Gasteiger partial charge on any atom is -0.354 e. The van der Waals surface area contributed by atoms with Gasteiger partial charge in [-0.1, -0.05) is 6.07 Å². The van der Waals surface area contributed by atoms with E-state index in [2.05, 4.69) is 33.9 Å². The number of aromatic nitrogens is 5. The van der Waals surface area contributed by atoms with Crippen LogP contribution in [0.2, 0.25) is 0 Å². The molecule has 3 aromatic heterocycles. The molecule has 0 atom stereocenters. The monoisotopic (exact) mass is 482 g/mol. The molecule has 0 saturated carbocycles. The maximum Gasteiger partial charge on any atom is 0.245 e. The van der Waals surface area contributed by atoms with E-state index in [4.69, 9.17) is 0 Å². The Morgan fingerprint density at radius 1 is 0.970 bits per heavy atom. The second kappa shape index (κ2) is 8.61. The first-order valence-corrected chi connectivity index (χ1v) is 12.6. The molecule has 10 nitrogen and oxygen atoms in total. The molecule has 5 rings (SSSR count). The highest BCUT2D eigenvalue weighted by molar-refractivity contribution is 7.89. The van der Waals surface area contributed by atoms with Gasteiger partial charge < -0.3 is 10.2 Å². The van der Waals surface area contributed by atoms with Gasteiger partial charge in [-0.05, 0) is 43.7 Å². The lowest BCUT2D eigenvalue weighted by molar-refractivity contribution is 0.384. The quantitative estimate of drug-likeness (QED) is 0.458. The fourth-order valence-electron chi connectivity index (χ4n) is 3.80. The molecule has 1 aromatic carbocycles. The number of hydrogen-bond acceptors (Lipinski definition) is 10. The van der Waals surface area contributed by atoms with E-state index in [9.17, 15) is 8.42 Å². The number of nitrogens with one attached hydrogen (secondary N) is 1. The molecular formula is C21H22N8O2S2. The van der Waals surface area contributed by atoms with Crippen LogP contribution < -0.4 is 10.2 Å². The fraction of sp³-hybridized carbons (Fsp3) is 0.286. The zero-order valence-electron chi connectivity index (χ0n) is 18.1. The number of nitrogens with zero attached hydrogens (tertiary/aromatic N) is 7. The zero-order valence-corrected chi connectivity index (χ0v) is 19.8. The first-order valence-electron chi connectivity index (χ1n) is 10.4. The smallest absolute Gasteiger partial charge is 0.245 e. The number of piperazine rings is 1. The van der Waals surface area contributed by atoms with E-state index in [0.717, 1.165) is 23.1 Å². The van der Waals surface area contributed by atoms with Gasteiger partial charge in [-0.25, -0.2) is 23.4 Å². The Labute approximate surface area is 195 Å². The largest absolute Gasteiger partial charge is 0.354 e. The predicted molar refractivity (Wildman–Crippen MR) is 127 cm³/mol. The normalized spacial score (nSPS) is 15.2. The molecule has 1 N–H and O–H groups in total. The lowest BCUT2D eigenvalue weighted by Gasteiger charge is -2.34. The van der Waals surface area contributed by atoms with Crippen molar-refractivity contribution in [1.29, 1.82) is 0 Å². The van der Waals surface area contributed by atoms with Gasteiger partial charge in [0.15, 0.2) is 0 Å². The van der Waals surface area contributed by atoms with Crippen molar-refractivity contribution in [3.8, 4) is 0 Å². The number of benzene rings is 1. The average Bonchev–Trinajstić information content (AvgIpc) is 3.28. The molecule has 0 aliphatic carbocycles. The van der Waals surface area contributed by atoms with E-state index in [1.54, 1.807) is 24.4 Å². The molecule has 1 aliphatic rings. The third-order valence-electron chi connectivity index (χ3n) is 5.43. The van der Waals surface area contributed by atoms with Crippen LogP contribution in [0.4, 0.5) is 17.5 Å². The topological polar surface area (TPSA) is 117 Å². The molecule has 33 heavy (non-hydrogen) atoms. The number of sulfonamides is 1. The molecule has 0 unspecified atom stereocenters. The van der Waals surface area contributed by atoms with Crippen molar-refractivity contribution in [3.63, 3.8) is 0 Å². The highest BCUT2D eigenvalue weighted by Crippen LogP contribution is 2.26. The number of hydrogen-bond donors (Lipinski definition) is 1. The molecule has 0 spiro atoms. The highest BCUT2D eigenvalue weighted by Gasteiger charge is 2.31. The Morgan fingerprint density at radius 2 is 1.79 bits per heavy atom. The number of aryl methyl sites for hydroxylation is 2. The molecule has 0 bridgehead atoms. The Hall–Kier alpha value is -3.22. The van der Waals surface area contributed by atoms with Crippen LogP contribution in [0.5, 0.6) is 0 Å². The van der Waals surface area contributed by atoms with Crippen molar-refractivity contribution < 1.29 is 8.42 Å². The van der Waals surface area contributed by atoms with E-state index in [1.165, 1.54) is 4.31 Å². The van der Waals surface area contributed by atoms with Gasteiger partial charge in [-0.3, -0.25) is 0 Å². The van der Waals surface area contributed by atoms with E-state index in [-0.39, 0.29) is 4.90 Å². The summed E-state index contributed by atoms with van der Waals surface area (Å²) in [5.74, 6) is 2.73. The summed E-state index contributed by atoms with van der Waals surface area (Å²) in [6.07, 6.45) is 1.74. The van der Waals surface area contributed by atoms with Crippen molar-refractivity contribution in [1.82, 2.24) is 28.0 Å². The van der Waals surface area contributed by atoms with Crippen molar-refractivity contribution >= 4 is 50.2 Å². The van der Waals surface area contributed by atoms with Crippen LogP contribution in [0.15, 0.2) is 47.5 Å². The fourth-order valence-corrected chi connectivity index (χ4v) is 5.97. The maximum absolute atomic E-state index is 13.3. The SMILES string of the molecule is Cc1ccnc(Nc2cc(N3CCN(S(=O)(=O)c4cccc5nsnc45)CC3)nc(C)n2)c1. The van der Waals surface area contributed by atoms with Crippen LogP contribution in [0.1, 0.15) is 11.4 Å². The van der Waals surface area contributed by atoms with Crippen LogP contribution in [-0.4, -0.2) is 62.6 Å². The van der Waals surface area contributed by atoms with Gasteiger partial charge in [0.25, 0.3) is 0 Å². The van der Waals surface area contributed by atoms with Gasteiger partial charge in [-0.15, -0.1) is 0 Å². The van der Waals surface area contributed by atoms with Crippen LogP contribution in [0, 0.1) is 13.8 Å². The molecule has 1 saturated heterocycles. The Balaban J connectivity index is 1.33. The number of anilines is 3. The van der Waals surface area contributed by atoms with Crippen LogP contribution in [0.3, 0.4) is 0 Å². The number of fused-ring (bicyclic) bond motifs is 1. The molecule has 1 fully saturated rings. The first-order chi connectivity index (χ1) is 15.9. The Kier molecular flexibility index (Phi) is 5.64. The molecule has 0 radical (unpaired) electrons. The molecule has 1 aliphatic heterocycles. The van der Waals surface area contributed by atoms with Gasteiger partial charge in [0, 0.05) is 38.4 Å². The predicted octanol–water partition coefficient (Wildman–Crippen LogP) is 2.75. The second-order valence-electron chi connectivity index (χ2n) is 7.78. The van der Waals surface area contributed by atoms with Crippen LogP contribution in [-0.2, 0) is 10.0 Å². The maximum atomic E-state index is 13.3. The lowest BCUT2D eigenvalue weighted by Crippen LogP contribution is -2.49. The molecule has 12 heteroatoms. The van der Waals surface area contributed by atoms with E-state index >= 15 is 0 Å². The summed E-state index contributed by atoms with van der Waals surface area (Å²) in [6, 6.07) is 10.8. The highest BCUT2D eigenvalue weighted by atomic mass is 32.2.